The van der Waals surface area contributed by atoms with E-state index < -0.39 is 10.0 Å². The van der Waals surface area contributed by atoms with E-state index in [0.29, 0.717) is 34.6 Å². The van der Waals surface area contributed by atoms with Gasteiger partial charge in [-0.3, -0.25) is 0 Å². The van der Waals surface area contributed by atoms with E-state index in [1.165, 1.54) is 0 Å². The van der Waals surface area contributed by atoms with Crippen molar-refractivity contribution in [2.24, 2.45) is 5.92 Å². The van der Waals surface area contributed by atoms with Crippen molar-refractivity contribution in [2.75, 3.05) is 26.7 Å². The molecule has 0 saturated carbocycles. The molecule has 1 aliphatic heterocycles. The summed E-state index contributed by atoms with van der Waals surface area (Å²) >= 11 is 12.2. The molecular formula is C14H21Cl3N2O2S. The van der Waals surface area contributed by atoms with Gasteiger partial charge in [-0.05, 0) is 44.5 Å². The van der Waals surface area contributed by atoms with Crippen molar-refractivity contribution in [3.8, 4) is 0 Å². The van der Waals surface area contributed by atoms with Gasteiger partial charge in [0, 0.05) is 28.7 Å². The second-order valence-electron chi connectivity index (χ2n) is 5.38. The van der Waals surface area contributed by atoms with Gasteiger partial charge in [0.1, 0.15) is 0 Å². The first-order valence-electron chi connectivity index (χ1n) is 6.99. The molecule has 1 aromatic carbocycles. The molecule has 1 aliphatic rings. The van der Waals surface area contributed by atoms with Gasteiger partial charge in [-0.2, -0.15) is 0 Å². The van der Waals surface area contributed by atoms with Crippen molar-refractivity contribution in [3.05, 3.63) is 33.8 Å². The van der Waals surface area contributed by atoms with Gasteiger partial charge in [0.2, 0.25) is 10.0 Å². The van der Waals surface area contributed by atoms with Crippen LogP contribution in [0, 0.1) is 5.92 Å². The van der Waals surface area contributed by atoms with Gasteiger partial charge in [0.05, 0.1) is 5.75 Å². The van der Waals surface area contributed by atoms with Crippen LogP contribution in [0.1, 0.15) is 18.4 Å². The summed E-state index contributed by atoms with van der Waals surface area (Å²) in [5, 5.41) is 3.91. The Bertz CT molecular complexity index is 574. The summed E-state index contributed by atoms with van der Waals surface area (Å²) in [6, 6.07) is 5.04. The lowest BCUT2D eigenvalue weighted by Gasteiger charge is -2.32. The molecule has 1 atom stereocenters. The molecule has 4 nitrogen and oxygen atoms in total. The zero-order valence-electron chi connectivity index (χ0n) is 12.4. The van der Waals surface area contributed by atoms with E-state index in [2.05, 4.69) is 5.32 Å². The lowest BCUT2D eigenvalue weighted by Crippen LogP contribution is -2.42. The zero-order chi connectivity index (χ0) is 15.5. The van der Waals surface area contributed by atoms with Gasteiger partial charge in [-0.1, -0.05) is 29.3 Å². The van der Waals surface area contributed by atoms with Crippen molar-refractivity contribution < 1.29 is 8.42 Å². The summed E-state index contributed by atoms with van der Waals surface area (Å²) in [5.41, 5.74) is 0.483. The molecule has 1 aromatic rings. The fraction of sp³-hybridized carbons (Fsp3) is 0.571. The summed E-state index contributed by atoms with van der Waals surface area (Å²) < 4.78 is 26.8. The number of hydrogen-bond acceptors (Lipinski definition) is 3. The molecule has 0 bridgehead atoms. The van der Waals surface area contributed by atoms with Gasteiger partial charge >= 0.3 is 0 Å². The summed E-state index contributed by atoms with van der Waals surface area (Å²) in [4.78, 5) is 0. The predicted octanol–water partition coefficient (Wildman–Crippen LogP) is 3.18. The van der Waals surface area contributed by atoms with Gasteiger partial charge in [0.15, 0.2) is 0 Å². The smallest absolute Gasteiger partial charge is 0.218 e. The normalized spacial score (nSPS) is 19.7. The third-order valence-electron chi connectivity index (χ3n) is 3.76. The number of benzene rings is 1. The second-order valence-corrected chi connectivity index (χ2v) is 8.16. The van der Waals surface area contributed by atoms with E-state index in [9.17, 15) is 8.42 Å². The number of piperidine rings is 1. The van der Waals surface area contributed by atoms with Crippen LogP contribution in [0.25, 0.3) is 0 Å². The molecule has 8 heteroatoms. The molecular weight excluding hydrogens is 367 g/mol. The minimum atomic E-state index is -3.40. The molecule has 1 saturated heterocycles. The van der Waals surface area contributed by atoms with Crippen molar-refractivity contribution >= 4 is 45.6 Å². The number of sulfonamides is 1. The standard InChI is InChI=1S/C14H20Cl2N2O2S.ClH/c1-17-8-11-4-3-7-18(9-11)21(19,20)10-12-13(15)5-2-6-14(12)16;/h2,5-6,11,17H,3-4,7-10H2,1H3;1H. The third-order valence-corrected chi connectivity index (χ3v) is 6.24. The van der Waals surface area contributed by atoms with Crippen LogP contribution in [0.4, 0.5) is 0 Å². The molecule has 1 fully saturated rings. The van der Waals surface area contributed by atoms with Crippen LogP contribution in [-0.2, 0) is 15.8 Å². The Morgan fingerprint density at radius 3 is 2.55 bits per heavy atom. The van der Waals surface area contributed by atoms with E-state index in [0.717, 1.165) is 19.4 Å². The minimum Gasteiger partial charge on any atom is -0.319 e. The molecule has 2 rings (SSSR count). The molecule has 126 valence electrons. The monoisotopic (exact) mass is 386 g/mol. The van der Waals surface area contributed by atoms with E-state index in [4.69, 9.17) is 23.2 Å². The van der Waals surface area contributed by atoms with E-state index in [-0.39, 0.29) is 18.2 Å². The Balaban J connectivity index is 0.00000242. The topological polar surface area (TPSA) is 49.4 Å². The van der Waals surface area contributed by atoms with Gasteiger partial charge in [-0.15, -0.1) is 12.4 Å². The Morgan fingerprint density at radius 2 is 1.95 bits per heavy atom. The summed E-state index contributed by atoms with van der Waals surface area (Å²) in [6.07, 6.45) is 1.95. The third kappa shape index (κ3) is 4.98. The Labute approximate surface area is 148 Å². The van der Waals surface area contributed by atoms with E-state index >= 15 is 0 Å². The van der Waals surface area contributed by atoms with Crippen LogP contribution in [0.15, 0.2) is 18.2 Å². The van der Waals surface area contributed by atoms with E-state index in [1.807, 2.05) is 7.05 Å². The Hall–Kier alpha value is -0.0400. The maximum absolute atomic E-state index is 12.6. The van der Waals surface area contributed by atoms with Crippen molar-refractivity contribution in [1.29, 1.82) is 0 Å². The highest BCUT2D eigenvalue weighted by molar-refractivity contribution is 7.88. The first kappa shape index (κ1) is 20.0. The van der Waals surface area contributed by atoms with Gasteiger partial charge in [0.25, 0.3) is 0 Å². The number of rotatable bonds is 5. The maximum Gasteiger partial charge on any atom is 0.218 e. The molecule has 1 unspecified atom stereocenters. The van der Waals surface area contributed by atoms with Crippen LogP contribution >= 0.6 is 35.6 Å². The summed E-state index contributed by atoms with van der Waals surface area (Å²) in [7, 11) is -1.51. The quantitative estimate of drug-likeness (QED) is 0.844. The summed E-state index contributed by atoms with van der Waals surface area (Å²) in [5.74, 6) is 0.220. The summed E-state index contributed by atoms with van der Waals surface area (Å²) in [6.45, 7) is 1.97. The van der Waals surface area contributed by atoms with Crippen molar-refractivity contribution in [2.45, 2.75) is 18.6 Å². The maximum atomic E-state index is 12.6. The molecule has 22 heavy (non-hydrogen) atoms. The van der Waals surface area contributed by atoms with Crippen LogP contribution in [-0.4, -0.2) is 39.4 Å². The predicted molar refractivity (Wildman–Crippen MR) is 94.6 cm³/mol. The van der Waals surface area contributed by atoms with Crippen LogP contribution in [0.3, 0.4) is 0 Å². The van der Waals surface area contributed by atoms with E-state index in [1.54, 1.807) is 22.5 Å². The second kappa shape index (κ2) is 8.71. The highest BCUT2D eigenvalue weighted by Gasteiger charge is 2.29. The van der Waals surface area contributed by atoms with Crippen LogP contribution < -0.4 is 5.32 Å². The fourth-order valence-corrected chi connectivity index (χ4v) is 5.07. The molecule has 0 aliphatic carbocycles. The molecule has 0 radical (unpaired) electrons. The zero-order valence-corrected chi connectivity index (χ0v) is 15.5. The molecule has 0 aromatic heterocycles. The average Bonchev–Trinajstić information content (AvgIpc) is 2.44. The highest BCUT2D eigenvalue weighted by Crippen LogP contribution is 2.28. The van der Waals surface area contributed by atoms with Gasteiger partial charge in [-0.25, -0.2) is 12.7 Å². The first-order valence-corrected chi connectivity index (χ1v) is 9.36. The lowest BCUT2D eigenvalue weighted by molar-refractivity contribution is 0.263. The highest BCUT2D eigenvalue weighted by atomic mass is 35.5. The largest absolute Gasteiger partial charge is 0.319 e. The SMILES string of the molecule is CNCC1CCCN(S(=O)(=O)Cc2c(Cl)cccc2Cl)C1.Cl. The number of nitrogens with zero attached hydrogens (tertiary/aromatic N) is 1. The number of halogens is 3. The number of nitrogens with one attached hydrogen (secondary N) is 1. The average molecular weight is 388 g/mol. The van der Waals surface area contributed by atoms with Crippen molar-refractivity contribution in [1.82, 2.24) is 9.62 Å². The molecule has 0 amide bonds. The lowest BCUT2D eigenvalue weighted by atomic mass is 10.00. The van der Waals surface area contributed by atoms with Crippen molar-refractivity contribution in [3.63, 3.8) is 0 Å². The van der Waals surface area contributed by atoms with Crippen LogP contribution in [0.5, 0.6) is 0 Å². The molecule has 0 spiro atoms. The molecule has 1 N–H and O–H groups in total. The Kier molecular flexibility index (Phi) is 7.92. The van der Waals surface area contributed by atoms with Crippen LogP contribution in [0.2, 0.25) is 10.0 Å². The fourth-order valence-electron chi connectivity index (χ4n) is 2.68. The minimum absolute atomic E-state index is 0. The number of hydrogen-bond donors (Lipinski definition) is 1. The first-order chi connectivity index (χ1) is 9.94. The molecule has 1 heterocycles. The van der Waals surface area contributed by atoms with Gasteiger partial charge < -0.3 is 5.32 Å². The Morgan fingerprint density at radius 1 is 1.32 bits per heavy atom.